The summed E-state index contributed by atoms with van der Waals surface area (Å²) in [4.78, 5) is 11.7. The molecule has 1 amide bonds. The molecule has 6 nitrogen and oxygen atoms in total. The molecule has 1 fully saturated rings. The minimum absolute atomic E-state index is 0.212. The lowest BCUT2D eigenvalue weighted by molar-refractivity contribution is 0.142. The standard InChI is InChI=1S/C14H20N2O4S/c1-2-20-14(17)15-12-7-6-10-16(11-12)21(18,19)13-8-4-3-5-9-13/h3-5,8-9,12H,2,6-7,10-11H2,1H3,(H,15,17). The third-order valence-electron chi connectivity index (χ3n) is 3.36. The average molecular weight is 312 g/mol. The molecule has 1 unspecified atom stereocenters. The van der Waals surface area contributed by atoms with Crippen LogP contribution in [0.4, 0.5) is 4.79 Å². The molecule has 1 heterocycles. The molecule has 1 aliphatic rings. The van der Waals surface area contributed by atoms with Crippen LogP contribution in [0.1, 0.15) is 19.8 Å². The number of benzene rings is 1. The second-order valence-corrected chi connectivity index (χ2v) is 6.82. The second-order valence-electron chi connectivity index (χ2n) is 4.88. The van der Waals surface area contributed by atoms with Gasteiger partial charge in [-0.15, -0.1) is 0 Å². The summed E-state index contributed by atoms with van der Waals surface area (Å²) in [6.07, 6.45) is 0.962. The number of rotatable bonds is 4. The Kier molecular flexibility index (Phi) is 5.19. The molecule has 0 radical (unpaired) electrons. The van der Waals surface area contributed by atoms with E-state index in [0.717, 1.165) is 6.42 Å². The van der Waals surface area contributed by atoms with Gasteiger partial charge in [0.25, 0.3) is 0 Å². The van der Waals surface area contributed by atoms with E-state index in [9.17, 15) is 13.2 Å². The molecule has 0 spiro atoms. The van der Waals surface area contributed by atoms with Crippen molar-refractivity contribution in [2.24, 2.45) is 0 Å². The Morgan fingerprint density at radius 1 is 1.38 bits per heavy atom. The highest BCUT2D eigenvalue weighted by Gasteiger charge is 2.30. The number of nitrogens with zero attached hydrogens (tertiary/aromatic N) is 1. The van der Waals surface area contributed by atoms with Crippen LogP contribution in [-0.2, 0) is 14.8 Å². The van der Waals surface area contributed by atoms with Crippen molar-refractivity contribution >= 4 is 16.1 Å². The highest BCUT2D eigenvalue weighted by atomic mass is 32.2. The zero-order valence-electron chi connectivity index (χ0n) is 12.0. The maximum atomic E-state index is 12.5. The number of piperidine rings is 1. The summed E-state index contributed by atoms with van der Waals surface area (Å²) in [5.41, 5.74) is 0. The number of nitrogens with one attached hydrogen (secondary N) is 1. The third kappa shape index (κ3) is 3.95. The molecule has 1 aromatic rings. The number of carbonyl (C=O) groups is 1. The van der Waals surface area contributed by atoms with Crippen molar-refractivity contribution in [3.8, 4) is 0 Å². The second kappa shape index (κ2) is 6.91. The molecule has 7 heteroatoms. The first kappa shape index (κ1) is 15.8. The van der Waals surface area contributed by atoms with Crippen LogP contribution in [0.25, 0.3) is 0 Å². The van der Waals surface area contributed by atoms with Gasteiger partial charge in [0.15, 0.2) is 0 Å². The molecule has 1 aromatic carbocycles. The van der Waals surface area contributed by atoms with E-state index < -0.39 is 16.1 Å². The van der Waals surface area contributed by atoms with Gasteiger partial charge in [0.2, 0.25) is 10.0 Å². The first-order chi connectivity index (χ1) is 10.0. The summed E-state index contributed by atoms with van der Waals surface area (Å²) in [5.74, 6) is 0. The van der Waals surface area contributed by atoms with Gasteiger partial charge in [0.1, 0.15) is 0 Å². The molecular weight excluding hydrogens is 292 g/mol. The van der Waals surface area contributed by atoms with Crippen molar-refractivity contribution in [3.05, 3.63) is 30.3 Å². The Morgan fingerprint density at radius 2 is 2.10 bits per heavy atom. The minimum atomic E-state index is -3.50. The number of carbonyl (C=O) groups excluding carboxylic acids is 1. The van der Waals surface area contributed by atoms with Gasteiger partial charge in [-0.25, -0.2) is 13.2 Å². The van der Waals surface area contributed by atoms with Gasteiger partial charge in [-0.3, -0.25) is 0 Å². The highest BCUT2D eigenvalue weighted by molar-refractivity contribution is 7.89. The smallest absolute Gasteiger partial charge is 0.407 e. The van der Waals surface area contributed by atoms with Crippen LogP contribution in [0.3, 0.4) is 0 Å². The quantitative estimate of drug-likeness (QED) is 0.916. The average Bonchev–Trinajstić information content (AvgIpc) is 2.48. The van der Waals surface area contributed by atoms with Gasteiger partial charge < -0.3 is 10.1 Å². The van der Waals surface area contributed by atoms with E-state index in [1.165, 1.54) is 4.31 Å². The molecule has 0 bridgehead atoms. The van der Waals surface area contributed by atoms with Crippen LogP contribution in [0, 0.1) is 0 Å². The minimum Gasteiger partial charge on any atom is -0.450 e. The summed E-state index contributed by atoms with van der Waals surface area (Å²) >= 11 is 0. The molecule has 1 atom stereocenters. The molecule has 0 saturated carbocycles. The van der Waals surface area contributed by atoms with E-state index in [1.54, 1.807) is 37.3 Å². The van der Waals surface area contributed by atoms with Crippen LogP contribution in [0.5, 0.6) is 0 Å². The van der Waals surface area contributed by atoms with Crippen molar-refractivity contribution < 1.29 is 17.9 Å². The fraction of sp³-hybridized carbons (Fsp3) is 0.500. The van der Waals surface area contributed by atoms with E-state index in [-0.39, 0.29) is 17.5 Å². The summed E-state index contributed by atoms with van der Waals surface area (Å²) in [7, 11) is -3.50. The van der Waals surface area contributed by atoms with Gasteiger partial charge in [-0.2, -0.15) is 4.31 Å². The third-order valence-corrected chi connectivity index (χ3v) is 5.24. The van der Waals surface area contributed by atoms with Crippen LogP contribution in [-0.4, -0.2) is 44.6 Å². The zero-order chi connectivity index (χ0) is 15.3. The van der Waals surface area contributed by atoms with Crippen LogP contribution in [0.15, 0.2) is 35.2 Å². The molecule has 1 N–H and O–H groups in total. The summed E-state index contributed by atoms with van der Waals surface area (Å²) in [6.45, 7) is 2.77. The van der Waals surface area contributed by atoms with E-state index >= 15 is 0 Å². The Balaban J connectivity index is 2.05. The monoisotopic (exact) mass is 312 g/mol. The van der Waals surface area contributed by atoms with E-state index in [1.807, 2.05) is 0 Å². The van der Waals surface area contributed by atoms with E-state index in [4.69, 9.17) is 4.74 Å². The lowest BCUT2D eigenvalue weighted by atomic mass is 10.1. The summed E-state index contributed by atoms with van der Waals surface area (Å²) in [6, 6.07) is 8.13. The lowest BCUT2D eigenvalue weighted by Gasteiger charge is -2.32. The number of hydrogen-bond acceptors (Lipinski definition) is 4. The molecular formula is C14H20N2O4S. The van der Waals surface area contributed by atoms with Crippen molar-refractivity contribution in [2.75, 3.05) is 19.7 Å². The molecule has 1 aliphatic heterocycles. The van der Waals surface area contributed by atoms with Gasteiger partial charge in [-0.05, 0) is 31.9 Å². The van der Waals surface area contributed by atoms with Crippen LogP contribution < -0.4 is 5.32 Å². The molecule has 0 aliphatic carbocycles. The fourth-order valence-electron chi connectivity index (χ4n) is 2.36. The molecule has 116 valence electrons. The number of hydrogen-bond donors (Lipinski definition) is 1. The SMILES string of the molecule is CCOC(=O)NC1CCCN(S(=O)(=O)c2ccccc2)C1. The molecule has 2 rings (SSSR count). The molecule has 0 aromatic heterocycles. The number of ether oxygens (including phenoxy) is 1. The lowest BCUT2D eigenvalue weighted by Crippen LogP contribution is -2.49. The van der Waals surface area contributed by atoms with Gasteiger partial charge >= 0.3 is 6.09 Å². The Morgan fingerprint density at radius 3 is 2.76 bits per heavy atom. The molecule has 1 saturated heterocycles. The fourth-order valence-corrected chi connectivity index (χ4v) is 3.90. The first-order valence-electron chi connectivity index (χ1n) is 7.02. The topological polar surface area (TPSA) is 75.7 Å². The van der Waals surface area contributed by atoms with Crippen molar-refractivity contribution in [1.29, 1.82) is 0 Å². The first-order valence-corrected chi connectivity index (χ1v) is 8.46. The zero-order valence-corrected chi connectivity index (χ0v) is 12.8. The van der Waals surface area contributed by atoms with Gasteiger partial charge in [0.05, 0.1) is 11.5 Å². The van der Waals surface area contributed by atoms with Gasteiger partial charge in [-0.1, -0.05) is 18.2 Å². The highest BCUT2D eigenvalue weighted by Crippen LogP contribution is 2.20. The van der Waals surface area contributed by atoms with Crippen molar-refractivity contribution in [1.82, 2.24) is 9.62 Å². The maximum absolute atomic E-state index is 12.5. The van der Waals surface area contributed by atoms with Crippen LogP contribution >= 0.6 is 0 Å². The van der Waals surface area contributed by atoms with Crippen molar-refractivity contribution in [2.45, 2.75) is 30.7 Å². The Bertz CT molecular complexity index is 574. The maximum Gasteiger partial charge on any atom is 0.407 e. The Hall–Kier alpha value is -1.60. The Labute approximate surface area is 125 Å². The van der Waals surface area contributed by atoms with Gasteiger partial charge in [0, 0.05) is 19.1 Å². The summed E-state index contributed by atoms with van der Waals surface area (Å²) in [5, 5.41) is 2.71. The molecule has 21 heavy (non-hydrogen) atoms. The summed E-state index contributed by atoms with van der Waals surface area (Å²) < 4.78 is 31.3. The largest absolute Gasteiger partial charge is 0.450 e. The normalized spacial score (nSPS) is 20.0. The van der Waals surface area contributed by atoms with E-state index in [0.29, 0.717) is 19.6 Å². The number of sulfonamides is 1. The van der Waals surface area contributed by atoms with E-state index in [2.05, 4.69) is 5.32 Å². The number of amides is 1. The predicted octanol–water partition coefficient (Wildman–Crippen LogP) is 1.59. The van der Waals surface area contributed by atoms with Crippen LogP contribution in [0.2, 0.25) is 0 Å². The number of alkyl carbamates (subject to hydrolysis) is 1. The predicted molar refractivity (Wildman–Crippen MR) is 78.4 cm³/mol. The van der Waals surface area contributed by atoms with Crippen molar-refractivity contribution in [3.63, 3.8) is 0 Å².